The summed E-state index contributed by atoms with van der Waals surface area (Å²) in [5, 5.41) is 16.3. The molecule has 0 bridgehead atoms. The average Bonchev–Trinajstić information content (AvgIpc) is 3.69. The van der Waals surface area contributed by atoms with Crippen molar-refractivity contribution in [1.29, 1.82) is 0 Å². The predicted octanol–water partition coefficient (Wildman–Crippen LogP) is 1.65. The fraction of sp³-hybridized carbons (Fsp3) is 0.600. The molecule has 3 fully saturated rings. The summed E-state index contributed by atoms with van der Waals surface area (Å²) in [6, 6.07) is 5.54. The van der Waals surface area contributed by atoms with Gasteiger partial charge in [0.25, 0.3) is 5.91 Å². The van der Waals surface area contributed by atoms with Crippen LogP contribution in [0.25, 0.3) is 11.3 Å². The Labute approximate surface area is 250 Å². The molecule has 42 heavy (non-hydrogen) atoms. The molecule has 3 aliphatic heterocycles. The van der Waals surface area contributed by atoms with Gasteiger partial charge in [0.05, 0.1) is 18.8 Å². The minimum atomic E-state index is -0.930. The van der Waals surface area contributed by atoms with Crippen LogP contribution in [0.5, 0.6) is 0 Å². The molecule has 12 heteroatoms. The SMILES string of the molecule is COCCN1CCN(c2nc(-c3ccc(C(=O)NC(CC(C)(C)C)C(=O)N4C[C@@H](O)[C@H]5OCC(=O)[C@H]54)cc3)cs2)CC1. The van der Waals surface area contributed by atoms with E-state index in [2.05, 4.69) is 15.1 Å². The Morgan fingerprint density at radius 2 is 1.90 bits per heavy atom. The number of fused-ring (bicyclic) bond motifs is 1. The smallest absolute Gasteiger partial charge is 0.251 e. The van der Waals surface area contributed by atoms with Crippen molar-refractivity contribution in [2.24, 2.45) is 5.41 Å². The van der Waals surface area contributed by atoms with Gasteiger partial charge in [-0.3, -0.25) is 19.3 Å². The minimum absolute atomic E-state index is 0.00421. The van der Waals surface area contributed by atoms with E-state index in [1.807, 2.05) is 38.3 Å². The number of thiazole rings is 1. The molecule has 2 aromatic rings. The van der Waals surface area contributed by atoms with Gasteiger partial charge in [0, 0.05) is 56.3 Å². The number of hydrogen-bond acceptors (Lipinski definition) is 10. The van der Waals surface area contributed by atoms with E-state index in [9.17, 15) is 19.5 Å². The van der Waals surface area contributed by atoms with Crippen molar-refractivity contribution in [3.63, 3.8) is 0 Å². The Bertz CT molecular complexity index is 1270. The molecule has 228 valence electrons. The number of benzene rings is 1. The van der Waals surface area contributed by atoms with Crippen molar-refractivity contribution in [3.8, 4) is 11.3 Å². The molecule has 5 rings (SSSR count). The lowest BCUT2D eigenvalue weighted by atomic mass is 9.87. The topological polar surface area (TPSA) is 125 Å². The van der Waals surface area contributed by atoms with Crippen LogP contribution in [0.1, 0.15) is 37.6 Å². The Morgan fingerprint density at radius 3 is 2.57 bits per heavy atom. The van der Waals surface area contributed by atoms with Crippen LogP contribution in [0.4, 0.5) is 5.13 Å². The zero-order valence-electron chi connectivity index (χ0n) is 24.7. The number of hydrogen-bond donors (Lipinski definition) is 2. The van der Waals surface area contributed by atoms with Crippen LogP contribution in [0.2, 0.25) is 0 Å². The van der Waals surface area contributed by atoms with Crippen LogP contribution in [0.3, 0.4) is 0 Å². The summed E-state index contributed by atoms with van der Waals surface area (Å²) >= 11 is 1.62. The number of aliphatic hydroxyl groups is 1. The van der Waals surface area contributed by atoms with Crippen LogP contribution in [-0.2, 0) is 19.1 Å². The molecule has 0 saturated carbocycles. The molecule has 4 heterocycles. The first-order valence-electron chi connectivity index (χ1n) is 14.5. The first-order valence-corrected chi connectivity index (χ1v) is 15.4. The summed E-state index contributed by atoms with van der Waals surface area (Å²) in [6.45, 7) is 11.3. The molecular formula is C30H41N5O6S. The third-order valence-corrected chi connectivity index (χ3v) is 8.95. The summed E-state index contributed by atoms with van der Waals surface area (Å²) in [4.78, 5) is 50.3. The summed E-state index contributed by atoms with van der Waals surface area (Å²) in [7, 11) is 1.73. The molecule has 0 spiro atoms. The third-order valence-electron chi connectivity index (χ3n) is 8.05. The first-order chi connectivity index (χ1) is 20.0. The van der Waals surface area contributed by atoms with Gasteiger partial charge >= 0.3 is 0 Å². The molecule has 1 unspecified atom stereocenters. The molecule has 11 nitrogen and oxygen atoms in total. The number of Topliss-reactive ketones (excluding diaryl/α,β-unsaturated/α-hetero) is 1. The van der Waals surface area contributed by atoms with Gasteiger partial charge in [-0.25, -0.2) is 4.98 Å². The number of piperazine rings is 1. The molecule has 0 radical (unpaired) electrons. The highest BCUT2D eigenvalue weighted by atomic mass is 32.1. The van der Waals surface area contributed by atoms with E-state index in [4.69, 9.17) is 14.5 Å². The third kappa shape index (κ3) is 6.84. The maximum Gasteiger partial charge on any atom is 0.251 e. The number of anilines is 1. The van der Waals surface area contributed by atoms with Gasteiger partial charge in [-0.1, -0.05) is 32.9 Å². The molecular weight excluding hydrogens is 558 g/mol. The number of likely N-dealkylation sites (tertiary alicyclic amines) is 1. The van der Waals surface area contributed by atoms with Crippen LogP contribution < -0.4 is 10.2 Å². The number of nitrogens with zero attached hydrogens (tertiary/aromatic N) is 4. The fourth-order valence-electron chi connectivity index (χ4n) is 5.83. The largest absolute Gasteiger partial charge is 0.388 e. The molecule has 2 N–H and O–H groups in total. The van der Waals surface area contributed by atoms with Crippen LogP contribution in [-0.4, -0.2) is 121 Å². The van der Waals surface area contributed by atoms with E-state index in [-0.39, 0.29) is 36.2 Å². The molecule has 3 saturated heterocycles. The number of aromatic nitrogens is 1. The van der Waals surface area contributed by atoms with Gasteiger partial charge in [-0.15, -0.1) is 11.3 Å². The number of nitrogens with one attached hydrogen (secondary N) is 1. The molecule has 1 aromatic heterocycles. The number of carbonyl (C=O) groups excluding carboxylic acids is 3. The quantitative estimate of drug-likeness (QED) is 0.443. The number of aliphatic hydroxyl groups excluding tert-OH is 1. The second kappa shape index (κ2) is 12.8. The van der Waals surface area contributed by atoms with Crippen LogP contribution >= 0.6 is 11.3 Å². The second-order valence-corrected chi connectivity index (χ2v) is 13.3. The molecule has 2 amide bonds. The van der Waals surface area contributed by atoms with Gasteiger partial charge in [-0.2, -0.15) is 0 Å². The summed E-state index contributed by atoms with van der Waals surface area (Å²) < 4.78 is 10.6. The van der Waals surface area contributed by atoms with E-state index < -0.39 is 24.3 Å². The van der Waals surface area contributed by atoms with Crippen molar-refractivity contribution in [2.75, 3.05) is 64.5 Å². The lowest BCUT2D eigenvalue weighted by Crippen LogP contribution is -2.53. The maximum atomic E-state index is 13.6. The number of ether oxygens (including phenoxy) is 2. The van der Waals surface area contributed by atoms with Gasteiger partial charge in [-0.05, 0) is 24.0 Å². The monoisotopic (exact) mass is 599 g/mol. The molecule has 3 aliphatic rings. The van der Waals surface area contributed by atoms with Crippen LogP contribution in [0, 0.1) is 5.41 Å². The maximum absolute atomic E-state index is 13.6. The highest BCUT2D eigenvalue weighted by molar-refractivity contribution is 7.14. The normalized spacial score (nSPS) is 23.7. The summed E-state index contributed by atoms with van der Waals surface area (Å²) in [5.74, 6) is -0.981. The Balaban J connectivity index is 1.23. The number of amides is 2. The standard InChI is InChI=1S/C30H41N5O6S/c1-30(2,3)15-21(28(39)35-16-23(36)26-25(35)24(37)17-41-26)31-27(38)20-7-5-19(6-8-20)22-18-42-29(32-22)34-11-9-33(10-12-34)13-14-40-4/h5-8,18,21,23,25-26,36H,9-17H2,1-4H3,(H,31,38)/t21?,23-,25-,26-/m1/s1. The highest BCUT2D eigenvalue weighted by Crippen LogP contribution is 2.31. The van der Waals surface area contributed by atoms with E-state index in [0.717, 1.165) is 55.7 Å². The van der Waals surface area contributed by atoms with Gasteiger partial charge < -0.3 is 29.7 Å². The van der Waals surface area contributed by atoms with Gasteiger partial charge in [0.1, 0.15) is 30.9 Å². The Kier molecular flexibility index (Phi) is 9.28. The molecule has 0 aliphatic carbocycles. The first kappa shape index (κ1) is 30.6. The highest BCUT2D eigenvalue weighted by Gasteiger charge is 2.53. The number of rotatable bonds is 9. The zero-order chi connectivity index (χ0) is 30.0. The number of ketones is 1. The average molecular weight is 600 g/mol. The summed E-state index contributed by atoms with van der Waals surface area (Å²) in [5.41, 5.74) is 1.92. The van der Waals surface area contributed by atoms with Crippen molar-refractivity contribution in [3.05, 3.63) is 35.2 Å². The lowest BCUT2D eigenvalue weighted by Gasteiger charge is -2.34. The Morgan fingerprint density at radius 1 is 1.19 bits per heavy atom. The van der Waals surface area contributed by atoms with Crippen LogP contribution in [0.15, 0.2) is 29.6 Å². The van der Waals surface area contributed by atoms with Crippen molar-refractivity contribution in [1.82, 2.24) is 20.1 Å². The van der Waals surface area contributed by atoms with Crippen molar-refractivity contribution in [2.45, 2.75) is 51.5 Å². The van der Waals surface area contributed by atoms with Crippen molar-refractivity contribution < 1.29 is 29.0 Å². The van der Waals surface area contributed by atoms with Gasteiger partial charge in [0.2, 0.25) is 5.91 Å². The van der Waals surface area contributed by atoms with Crippen molar-refractivity contribution >= 4 is 34.1 Å². The molecule has 1 aromatic carbocycles. The number of β-amino-alcohol motifs (C(OH)–C–C–N with tert-alkyl or cyclic N) is 1. The molecule has 4 atom stereocenters. The second-order valence-electron chi connectivity index (χ2n) is 12.4. The predicted molar refractivity (Wildman–Crippen MR) is 160 cm³/mol. The van der Waals surface area contributed by atoms with E-state index in [0.29, 0.717) is 12.0 Å². The van der Waals surface area contributed by atoms with E-state index >= 15 is 0 Å². The zero-order valence-corrected chi connectivity index (χ0v) is 25.6. The van der Waals surface area contributed by atoms with E-state index in [1.54, 1.807) is 30.6 Å². The van der Waals surface area contributed by atoms with Gasteiger partial charge in [0.15, 0.2) is 10.9 Å². The number of carbonyl (C=O) groups is 3. The minimum Gasteiger partial charge on any atom is -0.388 e. The van der Waals surface area contributed by atoms with E-state index in [1.165, 1.54) is 4.90 Å². The Hall–Kier alpha value is -2.90. The number of methoxy groups -OCH3 is 1. The fourth-order valence-corrected chi connectivity index (χ4v) is 6.72. The summed E-state index contributed by atoms with van der Waals surface area (Å²) in [6.07, 6.45) is -1.27. The lowest BCUT2D eigenvalue weighted by molar-refractivity contribution is -0.138.